The average molecular weight is 481 g/mol. The summed E-state index contributed by atoms with van der Waals surface area (Å²) in [5, 5.41) is 3.70. The topological polar surface area (TPSA) is 81.0 Å². The number of ether oxygens (including phenoxy) is 2. The molecule has 1 fully saturated rings. The summed E-state index contributed by atoms with van der Waals surface area (Å²) in [6, 6.07) is 14.6. The van der Waals surface area contributed by atoms with Gasteiger partial charge in [-0.05, 0) is 54.8 Å². The number of benzene rings is 2. The van der Waals surface area contributed by atoms with Crippen molar-refractivity contribution in [1.82, 2.24) is 5.32 Å². The van der Waals surface area contributed by atoms with E-state index in [1.54, 1.807) is 54.6 Å². The van der Waals surface area contributed by atoms with Crippen LogP contribution in [0, 0.1) is 0 Å². The standard InChI is InChI=1S/C26H25ClN2O5/c27-18-9-7-17(8-10-18)24(25(30)28-19-4-1-2-5-19)29(26(31)22-6-3-13-32-22)20-11-12-21-23(16-20)34-15-14-33-21/h3,6-13,16,19,24H,1-2,4-5,14-15H2,(H,28,30)/t24-/m0/s1. The summed E-state index contributed by atoms with van der Waals surface area (Å²) in [7, 11) is 0. The second-order valence-corrected chi connectivity index (χ2v) is 8.86. The van der Waals surface area contributed by atoms with Crippen LogP contribution in [0.25, 0.3) is 0 Å². The zero-order valence-electron chi connectivity index (χ0n) is 18.5. The average Bonchev–Trinajstić information content (AvgIpc) is 3.57. The van der Waals surface area contributed by atoms with E-state index in [0.29, 0.717) is 41.0 Å². The minimum atomic E-state index is -0.946. The highest BCUT2D eigenvalue weighted by atomic mass is 35.5. The summed E-state index contributed by atoms with van der Waals surface area (Å²) >= 11 is 6.13. The van der Waals surface area contributed by atoms with E-state index < -0.39 is 11.9 Å². The van der Waals surface area contributed by atoms with Gasteiger partial charge in [0.25, 0.3) is 5.91 Å². The number of halogens is 1. The monoisotopic (exact) mass is 480 g/mol. The number of hydrogen-bond donors (Lipinski definition) is 1. The largest absolute Gasteiger partial charge is 0.486 e. The third-order valence-corrected chi connectivity index (χ3v) is 6.40. The first-order valence-corrected chi connectivity index (χ1v) is 11.8. The van der Waals surface area contributed by atoms with Crippen LogP contribution in [0.1, 0.15) is 47.8 Å². The lowest BCUT2D eigenvalue weighted by Crippen LogP contribution is -2.46. The Bertz CT molecular complexity index is 1160. The van der Waals surface area contributed by atoms with Gasteiger partial charge in [0.2, 0.25) is 5.91 Å². The molecular formula is C26H25ClN2O5. The first-order chi connectivity index (χ1) is 16.6. The van der Waals surface area contributed by atoms with Crippen molar-refractivity contribution in [3.63, 3.8) is 0 Å². The Kier molecular flexibility index (Phi) is 6.45. The van der Waals surface area contributed by atoms with E-state index in [-0.39, 0.29) is 17.7 Å². The Hall–Kier alpha value is -3.45. The lowest BCUT2D eigenvalue weighted by molar-refractivity contribution is -0.123. The zero-order chi connectivity index (χ0) is 23.5. The van der Waals surface area contributed by atoms with Crippen molar-refractivity contribution in [1.29, 1.82) is 0 Å². The number of hydrogen-bond acceptors (Lipinski definition) is 5. The number of anilines is 1. The quantitative estimate of drug-likeness (QED) is 0.527. The third-order valence-electron chi connectivity index (χ3n) is 6.15. The van der Waals surface area contributed by atoms with Crippen molar-refractivity contribution >= 4 is 29.1 Å². The molecule has 0 radical (unpaired) electrons. The molecule has 7 nitrogen and oxygen atoms in total. The van der Waals surface area contributed by atoms with Gasteiger partial charge in [0.1, 0.15) is 19.3 Å². The summed E-state index contributed by atoms with van der Waals surface area (Å²) in [6.45, 7) is 0.865. The summed E-state index contributed by atoms with van der Waals surface area (Å²) in [5.74, 6) is 0.542. The van der Waals surface area contributed by atoms with E-state index in [0.717, 1.165) is 25.7 Å². The molecule has 1 atom stereocenters. The first-order valence-electron chi connectivity index (χ1n) is 11.4. The van der Waals surface area contributed by atoms with Crippen molar-refractivity contribution in [2.24, 2.45) is 0 Å². The van der Waals surface area contributed by atoms with Crippen LogP contribution in [-0.2, 0) is 4.79 Å². The maximum absolute atomic E-state index is 13.8. The molecule has 2 heterocycles. The van der Waals surface area contributed by atoms with Crippen LogP contribution < -0.4 is 19.7 Å². The number of nitrogens with zero attached hydrogens (tertiary/aromatic N) is 1. The fourth-order valence-corrected chi connectivity index (χ4v) is 4.62. The molecule has 1 aromatic heterocycles. The SMILES string of the molecule is O=C(NC1CCCC1)[C@H](c1ccc(Cl)cc1)N(C(=O)c1ccco1)c1ccc2c(c1)OCCO2. The smallest absolute Gasteiger partial charge is 0.294 e. The van der Waals surface area contributed by atoms with Gasteiger partial charge >= 0.3 is 0 Å². The number of carbonyl (C=O) groups excluding carboxylic acids is 2. The van der Waals surface area contributed by atoms with Crippen LogP contribution in [-0.4, -0.2) is 31.1 Å². The van der Waals surface area contributed by atoms with Crippen molar-refractivity contribution in [3.8, 4) is 11.5 Å². The van der Waals surface area contributed by atoms with E-state index in [2.05, 4.69) is 5.32 Å². The van der Waals surface area contributed by atoms with E-state index in [4.69, 9.17) is 25.5 Å². The van der Waals surface area contributed by atoms with Crippen LogP contribution in [0.5, 0.6) is 11.5 Å². The van der Waals surface area contributed by atoms with Gasteiger partial charge in [-0.3, -0.25) is 14.5 Å². The fraction of sp³-hybridized carbons (Fsp3) is 0.308. The predicted molar refractivity (Wildman–Crippen MR) is 128 cm³/mol. The van der Waals surface area contributed by atoms with Crippen LogP contribution in [0.3, 0.4) is 0 Å². The molecule has 0 unspecified atom stereocenters. The summed E-state index contributed by atoms with van der Waals surface area (Å²) in [5.41, 5.74) is 1.13. The molecule has 2 amide bonds. The number of fused-ring (bicyclic) bond motifs is 1. The fourth-order valence-electron chi connectivity index (χ4n) is 4.50. The molecule has 5 rings (SSSR count). The highest BCUT2D eigenvalue weighted by molar-refractivity contribution is 6.30. The van der Waals surface area contributed by atoms with Crippen molar-refractivity contribution in [2.45, 2.75) is 37.8 Å². The number of amides is 2. The molecule has 2 aromatic carbocycles. The molecule has 176 valence electrons. The van der Waals surface area contributed by atoms with Gasteiger partial charge in [0.05, 0.1) is 6.26 Å². The van der Waals surface area contributed by atoms with Crippen LogP contribution in [0.2, 0.25) is 5.02 Å². The van der Waals surface area contributed by atoms with Gasteiger partial charge in [-0.15, -0.1) is 0 Å². The Morgan fingerprint density at radius 1 is 0.971 bits per heavy atom. The number of furan rings is 1. The Labute approximate surface area is 202 Å². The Balaban J connectivity index is 1.60. The van der Waals surface area contributed by atoms with Gasteiger partial charge in [-0.25, -0.2) is 0 Å². The molecule has 0 saturated heterocycles. The molecule has 34 heavy (non-hydrogen) atoms. The molecule has 1 N–H and O–H groups in total. The van der Waals surface area contributed by atoms with Crippen molar-refractivity contribution < 1.29 is 23.5 Å². The van der Waals surface area contributed by atoms with Crippen LogP contribution in [0.15, 0.2) is 65.3 Å². The molecule has 1 saturated carbocycles. The van der Waals surface area contributed by atoms with Gasteiger partial charge < -0.3 is 19.2 Å². The highest BCUT2D eigenvalue weighted by Gasteiger charge is 2.36. The molecular weight excluding hydrogens is 456 g/mol. The maximum Gasteiger partial charge on any atom is 0.294 e. The lowest BCUT2D eigenvalue weighted by atomic mass is 10.0. The van der Waals surface area contributed by atoms with Gasteiger partial charge in [0, 0.05) is 22.8 Å². The number of carbonyl (C=O) groups is 2. The van der Waals surface area contributed by atoms with Crippen LogP contribution in [0.4, 0.5) is 5.69 Å². The normalized spacial score (nSPS) is 16.1. The van der Waals surface area contributed by atoms with E-state index >= 15 is 0 Å². The highest BCUT2D eigenvalue weighted by Crippen LogP contribution is 2.38. The summed E-state index contributed by atoms with van der Waals surface area (Å²) in [4.78, 5) is 28.9. The van der Waals surface area contributed by atoms with Crippen LogP contribution >= 0.6 is 11.6 Å². The Morgan fingerprint density at radius 2 is 1.71 bits per heavy atom. The minimum absolute atomic E-state index is 0.0862. The Morgan fingerprint density at radius 3 is 2.41 bits per heavy atom. The van der Waals surface area contributed by atoms with E-state index in [1.165, 1.54) is 11.2 Å². The summed E-state index contributed by atoms with van der Waals surface area (Å²) in [6.07, 6.45) is 5.44. The molecule has 1 aliphatic carbocycles. The molecule has 1 aliphatic heterocycles. The van der Waals surface area contributed by atoms with Crippen molar-refractivity contribution in [2.75, 3.05) is 18.1 Å². The van der Waals surface area contributed by atoms with E-state index in [9.17, 15) is 9.59 Å². The molecule has 0 bridgehead atoms. The first kappa shape index (κ1) is 22.3. The number of rotatable bonds is 6. The third kappa shape index (κ3) is 4.61. The lowest BCUT2D eigenvalue weighted by Gasteiger charge is -2.32. The van der Waals surface area contributed by atoms with Gasteiger partial charge in [-0.1, -0.05) is 36.6 Å². The van der Waals surface area contributed by atoms with E-state index in [1.807, 2.05) is 0 Å². The zero-order valence-corrected chi connectivity index (χ0v) is 19.3. The molecule has 3 aromatic rings. The van der Waals surface area contributed by atoms with Gasteiger partial charge in [0.15, 0.2) is 17.3 Å². The maximum atomic E-state index is 13.8. The second kappa shape index (κ2) is 9.81. The summed E-state index contributed by atoms with van der Waals surface area (Å²) < 4.78 is 16.8. The molecule has 0 spiro atoms. The predicted octanol–water partition coefficient (Wildman–Crippen LogP) is 5.15. The minimum Gasteiger partial charge on any atom is -0.486 e. The van der Waals surface area contributed by atoms with Gasteiger partial charge in [-0.2, -0.15) is 0 Å². The van der Waals surface area contributed by atoms with Crippen molar-refractivity contribution in [3.05, 3.63) is 77.2 Å². The number of nitrogens with one attached hydrogen (secondary N) is 1. The molecule has 2 aliphatic rings. The second-order valence-electron chi connectivity index (χ2n) is 8.42. The molecule has 8 heteroatoms.